The summed E-state index contributed by atoms with van der Waals surface area (Å²) in [6.07, 6.45) is 6.89. The van der Waals surface area contributed by atoms with Crippen molar-refractivity contribution in [3.05, 3.63) is 11.1 Å². The van der Waals surface area contributed by atoms with Gasteiger partial charge >= 0.3 is 0 Å². The van der Waals surface area contributed by atoms with Crippen LogP contribution in [0.4, 0.5) is 0 Å². The Morgan fingerprint density at radius 1 is 1.75 bits per heavy atom. The summed E-state index contributed by atoms with van der Waals surface area (Å²) in [5.41, 5.74) is 0.456. The molecule has 0 aliphatic heterocycles. The maximum atomic E-state index is 11.2. The summed E-state index contributed by atoms with van der Waals surface area (Å²) >= 11 is 1.18. The second-order valence-corrected chi connectivity index (χ2v) is 2.88. The number of hydrogen-bond acceptors (Lipinski definition) is 4. The molecular weight excluding hydrogens is 172 g/mol. The summed E-state index contributed by atoms with van der Waals surface area (Å²) < 4.78 is 3.60. The predicted octanol–water partition coefficient (Wildman–Crippen LogP) is 1.52. The molecule has 0 aromatic carbocycles. The van der Waals surface area contributed by atoms with Gasteiger partial charge in [-0.2, -0.15) is 0 Å². The molecule has 0 spiro atoms. The fourth-order valence-electron chi connectivity index (χ4n) is 0.765. The Morgan fingerprint density at radius 2 is 2.58 bits per heavy atom. The number of hydrogen-bond donors (Lipinski definition) is 0. The molecule has 0 saturated heterocycles. The largest absolute Gasteiger partial charge is 0.292 e. The topological polar surface area (TPSA) is 42.9 Å². The first-order valence-corrected chi connectivity index (χ1v) is 4.42. The highest BCUT2D eigenvalue weighted by atomic mass is 32.1. The van der Waals surface area contributed by atoms with E-state index in [1.54, 1.807) is 5.38 Å². The van der Waals surface area contributed by atoms with Crippen LogP contribution in [0.2, 0.25) is 0 Å². The van der Waals surface area contributed by atoms with Crippen LogP contribution < -0.4 is 0 Å². The Kier molecular flexibility index (Phi) is 3.42. The monoisotopic (exact) mass is 180 g/mol. The molecule has 1 rings (SSSR count). The van der Waals surface area contributed by atoms with Crippen LogP contribution in [0.1, 0.15) is 29.8 Å². The van der Waals surface area contributed by atoms with Crippen LogP contribution in [-0.4, -0.2) is 15.4 Å². The van der Waals surface area contributed by atoms with Crippen LogP contribution in [0, 0.1) is 12.3 Å². The van der Waals surface area contributed by atoms with Gasteiger partial charge in [0.15, 0.2) is 5.78 Å². The van der Waals surface area contributed by atoms with Crippen molar-refractivity contribution in [2.24, 2.45) is 0 Å². The van der Waals surface area contributed by atoms with Gasteiger partial charge in [0.05, 0.1) is 0 Å². The van der Waals surface area contributed by atoms with Crippen LogP contribution in [0.5, 0.6) is 0 Å². The Morgan fingerprint density at radius 3 is 3.17 bits per heavy atom. The molecule has 1 heterocycles. The average molecular weight is 180 g/mol. The number of aromatic nitrogens is 2. The number of carbonyl (C=O) groups excluding carboxylic acids is 1. The zero-order valence-corrected chi connectivity index (χ0v) is 7.30. The molecule has 0 saturated carbocycles. The van der Waals surface area contributed by atoms with E-state index in [0.717, 1.165) is 6.42 Å². The normalized spacial score (nSPS) is 9.25. The first-order chi connectivity index (χ1) is 5.84. The molecule has 4 heteroatoms. The Labute approximate surface area is 75.0 Å². The fourth-order valence-corrected chi connectivity index (χ4v) is 1.23. The summed E-state index contributed by atoms with van der Waals surface area (Å²) in [6.45, 7) is 0. The molecule has 3 nitrogen and oxygen atoms in total. The van der Waals surface area contributed by atoms with E-state index in [1.165, 1.54) is 11.5 Å². The molecule has 0 N–H and O–H groups in total. The van der Waals surface area contributed by atoms with Crippen LogP contribution in [0.3, 0.4) is 0 Å². The van der Waals surface area contributed by atoms with Gasteiger partial charge in [0.25, 0.3) is 0 Å². The molecule has 0 fully saturated rings. The molecule has 0 aliphatic rings. The standard InChI is InChI=1S/C8H8N2OS/c1-2-3-4-5-8(11)7-6-12-10-9-7/h1,6H,3-5H2. The van der Waals surface area contributed by atoms with E-state index in [-0.39, 0.29) is 5.78 Å². The Hall–Kier alpha value is -1.21. The van der Waals surface area contributed by atoms with Crippen LogP contribution in [0.15, 0.2) is 5.38 Å². The van der Waals surface area contributed by atoms with E-state index in [2.05, 4.69) is 15.5 Å². The van der Waals surface area contributed by atoms with Crippen LogP contribution in [-0.2, 0) is 0 Å². The number of carbonyl (C=O) groups is 1. The SMILES string of the molecule is C#CCCCC(=O)c1csnn1. The lowest BCUT2D eigenvalue weighted by molar-refractivity contribution is 0.0976. The van der Waals surface area contributed by atoms with E-state index in [9.17, 15) is 4.79 Å². The molecule has 1 aromatic rings. The van der Waals surface area contributed by atoms with E-state index in [1.807, 2.05) is 0 Å². The van der Waals surface area contributed by atoms with Gasteiger partial charge in [-0.05, 0) is 18.0 Å². The van der Waals surface area contributed by atoms with Gasteiger partial charge < -0.3 is 0 Å². The van der Waals surface area contributed by atoms with Crippen molar-refractivity contribution in [3.63, 3.8) is 0 Å². The van der Waals surface area contributed by atoms with Crippen molar-refractivity contribution in [1.82, 2.24) is 9.59 Å². The quantitative estimate of drug-likeness (QED) is 0.401. The first-order valence-electron chi connectivity index (χ1n) is 3.58. The molecule has 0 amide bonds. The lowest BCUT2D eigenvalue weighted by Gasteiger charge is -1.91. The summed E-state index contributed by atoms with van der Waals surface area (Å²) in [5, 5.41) is 5.31. The number of Topliss-reactive ketones (excluding diaryl/α,β-unsaturated/α-hetero) is 1. The summed E-state index contributed by atoms with van der Waals surface area (Å²) in [6, 6.07) is 0. The smallest absolute Gasteiger partial charge is 0.184 e. The number of unbranched alkanes of at least 4 members (excludes halogenated alkanes) is 1. The number of rotatable bonds is 4. The highest BCUT2D eigenvalue weighted by molar-refractivity contribution is 7.03. The first kappa shape index (κ1) is 8.88. The van der Waals surface area contributed by atoms with Gasteiger partial charge in [-0.1, -0.05) is 4.49 Å². The molecule has 0 aliphatic carbocycles. The van der Waals surface area contributed by atoms with Crippen LogP contribution >= 0.6 is 11.5 Å². The number of terminal acetylenes is 1. The predicted molar refractivity (Wildman–Crippen MR) is 46.9 cm³/mol. The third-order valence-electron chi connectivity index (χ3n) is 1.37. The molecule has 1 aromatic heterocycles. The van der Waals surface area contributed by atoms with Gasteiger partial charge in [0.2, 0.25) is 0 Å². The highest BCUT2D eigenvalue weighted by Crippen LogP contribution is 2.04. The maximum Gasteiger partial charge on any atom is 0.184 e. The van der Waals surface area contributed by atoms with E-state index >= 15 is 0 Å². The third-order valence-corrected chi connectivity index (χ3v) is 1.88. The van der Waals surface area contributed by atoms with E-state index < -0.39 is 0 Å². The van der Waals surface area contributed by atoms with Crippen LogP contribution in [0.25, 0.3) is 0 Å². The summed E-state index contributed by atoms with van der Waals surface area (Å²) in [7, 11) is 0. The minimum Gasteiger partial charge on any atom is -0.292 e. The molecule has 0 bridgehead atoms. The van der Waals surface area contributed by atoms with Gasteiger partial charge in [0.1, 0.15) is 5.69 Å². The summed E-state index contributed by atoms with van der Waals surface area (Å²) in [5.74, 6) is 2.51. The fraction of sp³-hybridized carbons (Fsp3) is 0.375. The Bertz CT molecular complexity index is 287. The van der Waals surface area contributed by atoms with Gasteiger partial charge in [0, 0.05) is 18.2 Å². The highest BCUT2D eigenvalue weighted by Gasteiger charge is 2.07. The number of ketones is 1. The van der Waals surface area contributed by atoms with Gasteiger partial charge in [-0.25, -0.2) is 0 Å². The second kappa shape index (κ2) is 4.62. The zero-order chi connectivity index (χ0) is 8.81. The van der Waals surface area contributed by atoms with Crippen molar-refractivity contribution < 1.29 is 4.79 Å². The summed E-state index contributed by atoms with van der Waals surface area (Å²) in [4.78, 5) is 11.2. The minimum absolute atomic E-state index is 0.0269. The zero-order valence-electron chi connectivity index (χ0n) is 6.49. The van der Waals surface area contributed by atoms with Gasteiger partial charge in [-0.15, -0.1) is 17.4 Å². The van der Waals surface area contributed by atoms with Crippen molar-refractivity contribution in [2.75, 3.05) is 0 Å². The van der Waals surface area contributed by atoms with Crippen molar-refractivity contribution in [1.29, 1.82) is 0 Å². The van der Waals surface area contributed by atoms with Gasteiger partial charge in [-0.3, -0.25) is 4.79 Å². The lowest BCUT2D eigenvalue weighted by Crippen LogP contribution is -1.98. The van der Waals surface area contributed by atoms with Crippen molar-refractivity contribution in [3.8, 4) is 12.3 Å². The molecule has 62 valence electrons. The molecule has 0 unspecified atom stereocenters. The van der Waals surface area contributed by atoms with Crippen molar-refractivity contribution >= 4 is 17.3 Å². The Balaban J connectivity index is 2.36. The average Bonchev–Trinajstić information content (AvgIpc) is 2.56. The molecular formula is C8H8N2OS. The molecule has 0 radical (unpaired) electrons. The third kappa shape index (κ3) is 2.44. The maximum absolute atomic E-state index is 11.2. The lowest BCUT2D eigenvalue weighted by atomic mass is 10.1. The number of nitrogens with zero attached hydrogens (tertiary/aromatic N) is 2. The molecule has 0 atom stereocenters. The van der Waals surface area contributed by atoms with E-state index in [0.29, 0.717) is 18.5 Å². The second-order valence-electron chi connectivity index (χ2n) is 2.27. The van der Waals surface area contributed by atoms with E-state index in [4.69, 9.17) is 6.42 Å². The van der Waals surface area contributed by atoms with Crippen molar-refractivity contribution in [2.45, 2.75) is 19.3 Å². The molecule has 12 heavy (non-hydrogen) atoms. The minimum atomic E-state index is 0.0269.